The fourth-order valence-corrected chi connectivity index (χ4v) is 1.22. The van der Waals surface area contributed by atoms with Crippen LogP contribution in [0.1, 0.15) is 20.3 Å². The van der Waals surface area contributed by atoms with Crippen molar-refractivity contribution in [2.75, 3.05) is 0 Å². The molecular weight excluding hydrogens is 188 g/mol. The summed E-state index contributed by atoms with van der Waals surface area (Å²) in [5, 5.41) is 20.1. The quantitative estimate of drug-likeness (QED) is 0.687. The van der Waals surface area contributed by atoms with Gasteiger partial charge in [-0.15, -0.1) is 0 Å². The van der Waals surface area contributed by atoms with Crippen LogP contribution in [0.4, 0.5) is 0 Å². The SMILES string of the molecule is CCC.Oc1ccc2ccc(O)cc2c1. The molecule has 2 heteroatoms. The Hall–Kier alpha value is -1.70. The summed E-state index contributed by atoms with van der Waals surface area (Å²) >= 11 is 0. The van der Waals surface area contributed by atoms with Crippen LogP contribution in [0.5, 0.6) is 11.5 Å². The highest BCUT2D eigenvalue weighted by Crippen LogP contribution is 2.23. The van der Waals surface area contributed by atoms with E-state index in [1.54, 1.807) is 24.3 Å². The Morgan fingerprint density at radius 2 is 1.20 bits per heavy atom. The lowest BCUT2D eigenvalue weighted by Gasteiger charge is -1.98. The summed E-state index contributed by atoms with van der Waals surface area (Å²) in [6, 6.07) is 10.1. The number of benzene rings is 2. The molecule has 2 rings (SSSR count). The third kappa shape index (κ3) is 3.17. The Morgan fingerprint density at radius 3 is 1.60 bits per heavy atom. The van der Waals surface area contributed by atoms with Gasteiger partial charge in [0.15, 0.2) is 0 Å². The predicted molar refractivity (Wildman–Crippen MR) is 63.2 cm³/mol. The minimum atomic E-state index is 0.216. The van der Waals surface area contributed by atoms with Crippen molar-refractivity contribution in [3.8, 4) is 11.5 Å². The van der Waals surface area contributed by atoms with Crippen LogP contribution in [0.2, 0.25) is 0 Å². The summed E-state index contributed by atoms with van der Waals surface area (Å²) in [4.78, 5) is 0. The molecule has 0 amide bonds. The monoisotopic (exact) mass is 204 g/mol. The molecule has 0 unspecified atom stereocenters. The zero-order chi connectivity index (χ0) is 11.3. The van der Waals surface area contributed by atoms with Crippen LogP contribution in [0.15, 0.2) is 36.4 Å². The summed E-state index contributed by atoms with van der Waals surface area (Å²) < 4.78 is 0. The number of hydrogen-bond donors (Lipinski definition) is 2. The zero-order valence-corrected chi connectivity index (χ0v) is 9.07. The molecule has 0 radical (unpaired) electrons. The van der Waals surface area contributed by atoms with Gasteiger partial charge < -0.3 is 10.2 Å². The Bertz CT molecular complexity index is 399. The van der Waals surface area contributed by atoms with Crippen LogP contribution in [-0.2, 0) is 0 Å². The number of fused-ring (bicyclic) bond motifs is 1. The van der Waals surface area contributed by atoms with Crippen LogP contribution in [0.25, 0.3) is 10.8 Å². The molecule has 0 saturated carbocycles. The molecule has 0 spiro atoms. The van der Waals surface area contributed by atoms with E-state index in [1.165, 1.54) is 6.42 Å². The van der Waals surface area contributed by atoms with E-state index in [0.29, 0.717) is 0 Å². The Kier molecular flexibility index (Phi) is 3.98. The van der Waals surface area contributed by atoms with Crippen LogP contribution in [-0.4, -0.2) is 10.2 Å². The zero-order valence-electron chi connectivity index (χ0n) is 9.07. The topological polar surface area (TPSA) is 40.5 Å². The van der Waals surface area contributed by atoms with Gasteiger partial charge in [0.2, 0.25) is 0 Å². The molecule has 0 fully saturated rings. The summed E-state index contributed by atoms with van der Waals surface area (Å²) in [5.41, 5.74) is 0. The van der Waals surface area contributed by atoms with Gasteiger partial charge in [0, 0.05) is 0 Å². The van der Waals surface area contributed by atoms with E-state index in [1.807, 2.05) is 12.1 Å². The molecule has 2 aromatic rings. The Morgan fingerprint density at radius 1 is 0.800 bits per heavy atom. The van der Waals surface area contributed by atoms with Gasteiger partial charge in [0.25, 0.3) is 0 Å². The number of aromatic hydroxyl groups is 2. The molecular formula is C13H16O2. The van der Waals surface area contributed by atoms with Gasteiger partial charge in [-0.1, -0.05) is 32.4 Å². The molecule has 2 aromatic carbocycles. The lowest BCUT2D eigenvalue weighted by atomic mass is 10.1. The Balaban J connectivity index is 0.000000337. The third-order valence-electron chi connectivity index (χ3n) is 1.81. The normalized spacial score (nSPS) is 9.47. The third-order valence-corrected chi connectivity index (χ3v) is 1.81. The summed E-state index contributed by atoms with van der Waals surface area (Å²) in [5.74, 6) is 0.432. The highest BCUT2D eigenvalue weighted by atomic mass is 16.3. The number of phenolic OH excluding ortho intramolecular Hbond substituents is 2. The van der Waals surface area contributed by atoms with Gasteiger partial charge in [0.05, 0.1) is 0 Å². The second-order valence-electron chi connectivity index (χ2n) is 3.42. The van der Waals surface area contributed by atoms with Crippen LogP contribution in [0.3, 0.4) is 0 Å². The van der Waals surface area contributed by atoms with E-state index in [2.05, 4.69) is 13.8 Å². The van der Waals surface area contributed by atoms with E-state index in [9.17, 15) is 0 Å². The summed E-state index contributed by atoms with van der Waals surface area (Å²) in [6.45, 7) is 4.25. The van der Waals surface area contributed by atoms with E-state index < -0.39 is 0 Å². The molecule has 80 valence electrons. The van der Waals surface area contributed by atoms with Crippen molar-refractivity contribution in [1.82, 2.24) is 0 Å². The molecule has 2 nitrogen and oxygen atoms in total. The average molecular weight is 204 g/mol. The maximum absolute atomic E-state index is 9.14. The second-order valence-corrected chi connectivity index (χ2v) is 3.42. The number of phenols is 2. The fraction of sp³-hybridized carbons (Fsp3) is 0.231. The van der Waals surface area contributed by atoms with Crippen molar-refractivity contribution in [1.29, 1.82) is 0 Å². The molecule has 0 aliphatic rings. The predicted octanol–water partition coefficient (Wildman–Crippen LogP) is 3.67. The van der Waals surface area contributed by atoms with Crippen molar-refractivity contribution >= 4 is 10.8 Å². The standard InChI is InChI=1S/C10H8O2.C3H8/c11-9-3-1-7-2-4-10(12)6-8(7)5-9;1-3-2/h1-6,11-12H;3H2,1-2H3. The molecule has 15 heavy (non-hydrogen) atoms. The molecule has 0 saturated heterocycles. The van der Waals surface area contributed by atoms with E-state index in [-0.39, 0.29) is 11.5 Å². The molecule has 0 bridgehead atoms. The molecule has 0 heterocycles. The lowest BCUT2D eigenvalue weighted by Crippen LogP contribution is -1.71. The van der Waals surface area contributed by atoms with E-state index in [4.69, 9.17) is 10.2 Å². The van der Waals surface area contributed by atoms with Gasteiger partial charge in [-0.05, 0) is 35.0 Å². The summed E-state index contributed by atoms with van der Waals surface area (Å²) in [6.07, 6.45) is 1.25. The van der Waals surface area contributed by atoms with Gasteiger partial charge in [-0.2, -0.15) is 0 Å². The average Bonchev–Trinajstić information content (AvgIpc) is 2.18. The molecule has 0 aliphatic carbocycles. The van der Waals surface area contributed by atoms with E-state index >= 15 is 0 Å². The van der Waals surface area contributed by atoms with Gasteiger partial charge in [0.1, 0.15) is 11.5 Å². The Labute approximate surface area is 89.8 Å². The largest absolute Gasteiger partial charge is 0.508 e. The molecule has 0 atom stereocenters. The maximum Gasteiger partial charge on any atom is 0.116 e. The first-order chi connectivity index (χ1) is 7.17. The van der Waals surface area contributed by atoms with Crippen molar-refractivity contribution in [2.45, 2.75) is 20.3 Å². The van der Waals surface area contributed by atoms with E-state index in [0.717, 1.165) is 10.8 Å². The van der Waals surface area contributed by atoms with Crippen molar-refractivity contribution in [3.63, 3.8) is 0 Å². The molecule has 0 aliphatic heterocycles. The first-order valence-corrected chi connectivity index (χ1v) is 5.09. The smallest absolute Gasteiger partial charge is 0.116 e. The first kappa shape index (κ1) is 11.4. The minimum absolute atomic E-state index is 0.216. The van der Waals surface area contributed by atoms with Crippen molar-refractivity contribution in [3.05, 3.63) is 36.4 Å². The van der Waals surface area contributed by atoms with Gasteiger partial charge in [-0.3, -0.25) is 0 Å². The number of rotatable bonds is 0. The minimum Gasteiger partial charge on any atom is -0.508 e. The van der Waals surface area contributed by atoms with Gasteiger partial charge in [-0.25, -0.2) is 0 Å². The lowest BCUT2D eigenvalue weighted by molar-refractivity contribution is 0.474. The van der Waals surface area contributed by atoms with Crippen LogP contribution < -0.4 is 0 Å². The van der Waals surface area contributed by atoms with Gasteiger partial charge >= 0.3 is 0 Å². The number of hydrogen-bond acceptors (Lipinski definition) is 2. The second kappa shape index (κ2) is 5.25. The van der Waals surface area contributed by atoms with Crippen LogP contribution in [0, 0.1) is 0 Å². The fourth-order valence-electron chi connectivity index (χ4n) is 1.22. The first-order valence-electron chi connectivity index (χ1n) is 5.09. The highest BCUT2D eigenvalue weighted by molar-refractivity contribution is 5.84. The maximum atomic E-state index is 9.14. The molecule has 2 N–H and O–H groups in total. The summed E-state index contributed by atoms with van der Waals surface area (Å²) in [7, 11) is 0. The van der Waals surface area contributed by atoms with Crippen molar-refractivity contribution in [2.24, 2.45) is 0 Å². The highest BCUT2D eigenvalue weighted by Gasteiger charge is 1.95. The molecule has 0 aromatic heterocycles. The van der Waals surface area contributed by atoms with Crippen LogP contribution >= 0.6 is 0 Å². The van der Waals surface area contributed by atoms with Crippen molar-refractivity contribution < 1.29 is 10.2 Å².